The van der Waals surface area contributed by atoms with Crippen LogP contribution in [0.2, 0.25) is 0 Å². The summed E-state index contributed by atoms with van der Waals surface area (Å²) < 4.78 is 16.9. The summed E-state index contributed by atoms with van der Waals surface area (Å²) in [5.74, 6) is -3.41. The lowest BCUT2D eigenvalue weighted by atomic mass is 9.44. The molecular weight excluding hydrogens is 615 g/mol. The van der Waals surface area contributed by atoms with Crippen molar-refractivity contribution in [2.45, 2.75) is 76.8 Å². The normalized spacial score (nSPS) is 41.0. The molecule has 5 N–H and O–H groups in total. The number of piperazine rings is 2. The Hall–Kier alpha value is -3.17. The van der Waals surface area contributed by atoms with E-state index in [2.05, 4.69) is 10.6 Å². The summed E-state index contributed by atoms with van der Waals surface area (Å²) in [7, 11) is 0. The monoisotopic (exact) mass is 660 g/mol. The van der Waals surface area contributed by atoms with Crippen molar-refractivity contribution in [1.29, 1.82) is 0 Å². The van der Waals surface area contributed by atoms with Gasteiger partial charge >= 0.3 is 0 Å². The molecule has 0 aromatic heterocycles. The molecule has 2 aliphatic heterocycles. The van der Waals surface area contributed by atoms with Crippen LogP contribution >= 0.6 is 0 Å². The average molecular weight is 661 g/mol. The largest absolute Gasteiger partial charge is 0.390 e. The van der Waals surface area contributed by atoms with Crippen molar-refractivity contribution in [2.75, 3.05) is 39.3 Å². The van der Waals surface area contributed by atoms with E-state index in [1.54, 1.807) is 36.6 Å². The standard InChI is InChI=1S/C22H29FO5.C11H16N4O4/c1-12-8-16-15-5-4-13-9-14(25)6-7-19(13,2)21(15,23)17(26)10-20(16,3)22(12,28)18(27)11-24;1-7(15-5-10(18)13-11(19)6-15)2-14-3-8(16)12-9(17)4-14/h6-7,9,12,15-17,24,26,28H,4-5,8,10-11H2,1-3H3;7H,2-6H2,1H3,(H,12,16,17)(H,13,18,19)/t12-,15+,16+,17+,19+,20+,21+,22+;7-/m10/s1. The van der Waals surface area contributed by atoms with Gasteiger partial charge in [0, 0.05) is 29.3 Å². The lowest BCUT2D eigenvalue weighted by molar-refractivity contribution is -0.219. The van der Waals surface area contributed by atoms with Crippen molar-refractivity contribution in [2.24, 2.45) is 28.6 Å². The summed E-state index contributed by atoms with van der Waals surface area (Å²) in [6.45, 7) is 7.42. The summed E-state index contributed by atoms with van der Waals surface area (Å²) in [6, 6.07) is -0.0892. The number of hydrogen-bond donors (Lipinski definition) is 5. The molecule has 47 heavy (non-hydrogen) atoms. The average Bonchev–Trinajstić information content (AvgIpc) is 3.18. The Morgan fingerprint density at radius 3 is 2.17 bits per heavy atom. The number of halogens is 1. The van der Waals surface area contributed by atoms with E-state index in [4.69, 9.17) is 0 Å². The van der Waals surface area contributed by atoms with Gasteiger partial charge in [0.1, 0.15) is 12.2 Å². The highest BCUT2D eigenvalue weighted by Gasteiger charge is 2.75. The molecule has 0 spiro atoms. The summed E-state index contributed by atoms with van der Waals surface area (Å²) in [6.07, 6.45) is 4.44. The Bertz CT molecular complexity index is 1420. The Morgan fingerprint density at radius 1 is 1.02 bits per heavy atom. The van der Waals surface area contributed by atoms with Gasteiger partial charge in [-0.2, -0.15) is 0 Å². The first-order valence-electron chi connectivity index (χ1n) is 16.2. The smallest absolute Gasteiger partial charge is 0.240 e. The number of amides is 4. The highest BCUT2D eigenvalue weighted by Crippen LogP contribution is 2.70. The van der Waals surface area contributed by atoms with Gasteiger partial charge in [0.2, 0.25) is 23.6 Å². The number of rotatable bonds is 5. The zero-order valence-corrected chi connectivity index (χ0v) is 27.3. The van der Waals surface area contributed by atoms with Crippen molar-refractivity contribution < 1.29 is 48.5 Å². The SMILES string of the molecule is C[C@@H](CN1CC(=O)NC(=O)C1)N1CC(=O)NC(=O)C1.C[C@@H]1C[C@H]2[C@@H]3CCC4=CC(=O)C=C[C@]4(C)[C@@]3(F)[C@@H](O)C[C@]2(C)[C@@]1(O)C(=O)CO. The Labute approximate surface area is 272 Å². The van der Waals surface area contributed by atoms with Gasteiger partial charge in [0.25, 0.3) is 0 Å². The van der Waals surface area contributed by atoms with Crippen LogP contribution in [-0.4, -0.2) is 123 Å². The molecule has 258 valence electrons. The van der Waals surface area contributed by atoms with Crippen molar-refractivity contribution in [3.8, 4) is 0 Å². The number of alkyl halides is 1. The van der Waals surface area contributed by atoms with Gasteiger partial charge in [0.05, 0.1) is 32.3 Å². The van der Waals surface area contributed by atoms with Crippen LogP contribution in [0.5, 0.6) is 0 Å². The second-order valence-corrected chi connectivity index (χ2v) is 14.6. The lowest BCUT2D eigenvalue weighted by Gasteiger charge is -2.62. The minimum atomic E-state index is -1.98. The number of nitrogens with one attached hydrogen (secondary N) is 2. The fourth-order valence-electron chi connectivity index (χ4n) is 9.55. The predicted octanol–water partition coefficient (Wildman–Crippen LogP) is -0.813. The molecule has 0 unspecified atom stereocenters. The Kier molecular flexibility index (Phi) is 9.25. The lowest BCUT2D eigenvalue weighted by Crippen LogP contribution is -2.69. The summed E-state index contributed by atoms with van der Waals surface area (Å²) >= 11 is 0. The number of hydrogen-bond acceptors (Lipinski definition) is 11. The first-order chi connectivity index (χ1) is 21.9. The van der Waals surface area contributed by atoms with Crippen LogP contribution in [0.3, 0.4) is 0 Å². The molecule has 3 saturated carbocycles. The second kappa shape index (κ2) is 12.4. The fourth-order valence-corrected chi connectivity index (χ4v) is 9.55. The van der Waals surface area contributed by atoms with Crippen molar-refractivity contribution in [3.63, 3.8) is 0 Å². The zero-order chi connectivity index (χ0) is 34.7. The minimum absolute atomic E-state index is 0.0676. The Morgan fingerprint density at radius 2 is 1.60 bits per heavy atom. The zero-order valence-electron chi connectivity index (χ0n) is 27.3. The molecule has 2 heterocycles. The van der Waals surface area contributed by atoms with E-state index in [0.717, 1.165) is 0 Å². The molecule has 0 aromatic carbocycles. The number of carbonyl (C=O) groups is 6. The first kappa shape index (κ1) is 35.1. The third-order valence-electron chi connectivity index (χ3n) is 11.9. The molecule has 5 fully saturated rings. The highest BCUT2D eigenvalue weighted by molar-refractivity contribution is 6.01. The summed E-state index contributed by atoms with van der Waals surface area (Å²) in [5, 5.41) is 36.4. The molecule has 4 aliphatic carbocycles. The van der Waals surface area contributed by atoms with Crippen LogP contribution < -0.4 is 10.6 Å². The number of fused-ring (bicyclic) bond motifs is 5. The van der Waals surface area contributed by atoms with Gasteiger partial charge in [-0.1, -0.05) is 25.5 Å². The minimum Gasteiger partial charge on any atom is -0.390 e. The van der Waals surface area contributed by atoms with E-state index in [1.807, 2.05) is 6.92 Å². The van der Waals surface area contributed by atoms with Crippen LogP contribution in [0, 0.1) is 28.6 Å². The third kappa shape index (κ3) is 5.61. The fraction of sp³-hybridized carbons (Fsp3) is 0.697. The molecular formula is C33H45FN4O9. The first-order valence-corrected chi connectivity index (χ1v) is 16.2. The van der Waals surface area contributed by atoms with Crippen LogP contribution in [-0.2, 0) is 28.8 Å². The molecule has 0 aromatic rings. The molecule has 14 heteroatoms. The van der Waals surface area contributed by atoms with E-state index >= 15 is 4.39 Å². The van der Waals surface area contributed by atoms with E-state index in [9.17, 15) is 44.1 Å². The van der Waals surface area contributed by atoms with Crippen LogP contribution in [0.4, 0.5) is 4.39 Å². The number of nitrogens with zero attached hydrogens (tertiary/aromatic N) is 2. The molecule has 2 saturated heterocycles. The third-order valence-corrected chi connectivity index (χ3v) is 11.9. The number of allylic oxidation sites excluding steroid dienone is 4. The molecule has 0 bridgehead atoms. The number of ketones is 2. The summed E-state index contributed by atoms with van der Waals surface area (Å²) in [5.41, 5.74) is -5.17. The maximum atomic E-state index is 16.9. The van der Waals surface area contributed by atoms with E-state index in [1.165, 1.54) is 12.2 Å². The maximum absolute atomic E-state index is 16.9. The van der Waals surface area contributed by atoms with Gasteiger partial charge in [-0.05, 0) is 63.5 Å². The molecule has 4 amide bonds. The van der Waals surface area contributed by atoms with Crippen LogP contribution in [0.25, 0.3) is 0 Å². The van der Waals surface area contributed by atoms with Crippen LogP contribution in [0.1, 0.15) is 53.4 Å². The molecule has 6 rings (SSSR count). The second-order valence-electron chi connectivity index (χ2n) is 14.6. The predicted molar refractivity (Wildman–Crippen MR) is 164 cm³/mol. The molecule has 13 nitrogen and oxygen atoms in total. The number of carbonyl (C=O) groups excluding carboxylic acids is 6. The number of aliphatic hydroxyl groups excluding tert-OH is 2. The number of aliphatic hydroxyl groups is 3. The van der Waals surface area contributed by atoms with E-state index < -0.39 is 52.4 Å². The quantitative estimate of drug-likeness (QED) is 0.232. The maximum Gasteiger partial charge on any atom is 0.240 e. The van der Waals surface area contributed by atoms with E-state index in [0.29, 0.717) is 31.4 Å². The topological polar surface area (TPSA) is 194 Å². The highest BCUT2D eigenvalue weighted by atomic mass is 19.1. The number of imide groups is 2. The molecule has 9 atom stereocenters. The van der Waals surface area contributed by atoms with E-state index in [-0.39, 0.29) is 74.0 Å². The molecule has 6 aliphatic rings. The van der Waals surface area contributed by atoms with Gasteiger partial charge in [-0.25, -0.2) is 4.39 Å². The van der Waals surface area contributed by atoms with Gasteiger partial charge in [-0.15, -0.1) is 0 Å². The van der Waals surface area contributed by atoms with Gasteiger partial charge < -0.3 is 15.3 Å². The van der Waals surface area contributed by atoms with Crippen molar-refractivity contribution >= 4 is 35.2 Å². The Balaban J connectivity index is 0.000000199. The van der Waals surface area contributed by atoms with Crippen LogP contribution in [0.15, 0.2) is 23.8 Å². The van der Waals surface area contributed by atoms with Crippen molar-refractivity contribution in [3.05, 3.63) is 23.8 Å². The van der Waals surface area contributed by atoms with Gasteiger partial charge in [-0.3, -0.25) is 49.2 Å². The number of Topliss-reactive ketones (excluding diaryl/α,β-unsaturated/α-hetero) is 1. The summed E-state index contributed by atoms with van der Waals surface area (Å²) in [4.78, 5) is 72.9. The van der Waals surface area contributed by atoms with Gasteiger partial charge in [0.15, 0.2) is 17.2 Å². The molecule has 0 radical (unpaired) electrons. The van der Waals surface area contributed by atoms with Crippen molar-refractivity contribution in [1.82, 2.24) is 20.4 Å².